The Morgan fingerprint density at radius 2 is 0.505 bits per heavy atom. The minimum absolute atomic E-state index is 0.107. The number of hydrogen-bond acceptors (Lipinski definition) is 15. The molecule has 0 heterocycles. The first-order chi connectivity index (χ1) is 44.0. The summed E-state index contributed by atoms with van der Waals surface area (Å²) in [6, 6.07) is 0. The standard InChI is InChI=1S/C72H140O17P2/c1-6-9-12-15-18-21-23-24-25-26-27-28-29-30-31-32-37-43-48-53-58-72(77)89-68(62-83-70(75)56-51-46-41-38-33-35-39-44-49-54-65(4)5)64-87-91(80,81)85-60-66(73)59-84-90(78,79)86-63-67(61-82-69(74)55-50-45-40-34-20-17-14-11-8-3)88-71(76)57-52-47-42-36-22-19-16-13-10-7-2/h65-68,73H,6-64H2,1-5H3,(H,78,79)(H,80,81)/t66-,67+,68+/m0/s1. The monoisotopic (exact) mass is 1340 g/mol. The minimum atomic E-state index is -4.95. The first-order valence-corrected chi connectivity index (χ1v) is 40.6. The van der Waals surface area contributed by atoms with Gasteiger partial charge < -0.3 is 33.8 Å². The van der Waals surface area contributed by atoms with Crippen LogP contribution >= 0.6 is 15.6 Å². The van der Waals surface area contributed by atoms with Crippen LogP contribution in [-0.2, 0) is 65.4 Å². The van der Waals surface area contributed by atoms with E-state index < -0.39 is 97.5 Å². The van der Waals surface area contributed by atoms with E-state index in [1.807, 2.05) is 0 Å². The van der Waals surface area contributed by atoms with Crippen LogP contribution < -0.4 is 0 Å². The third kappa shape index (κ3) is 66.5. The van der Waals surface area contributed by atoms with Gasteiger partial charge in [0.2, 0.25) is 0 Å². The maximum atomic E-state index is 13.0. The lowest BCUT2D eigenvalue weighted by Gasteiger charge is -2.21. The number of phosphoric ester groups is 2. The first-order valence-electron chi connectivity index (χ1n) is 37.6. The maximum Gasteiger partial charge on any atom is 0.472 e. The molecule has 2 unspecified atom stereocenters. The molecule has 540 valence electrons. The number of rotatable bonds is 72. The number of unbranched alkanes of at least 4 members (excludes halogenated alkanes) is 44. The second kappa shape index (κ2) is 65.4. The SMILES string of the molecule is CCCCCCCCCCCCCCCCCCCCCCC(=O)O[C@H](COC(=O)CCCCCCCCCCCC(C)C)COP(=O)(O)OC[C@@H](O)COP(=O)(O)OC[C@@H](COC(=O)CCCCCCCCCCC)OC(=O)CCCCCCCCCCCC. The van der Waals surface area contributed by atoms with Gasteiger partial charge in [0, 0.05) is 25.7 Å². The topological polar surface area (TPSA) is 237 Å². The highest BCUT2D eigenvalue weighted by molar-refractivity contribution is 7.47. The Bertz CT molecular complexity index is 1750. The number of aliphatic hydroxyl groups excluding tert-OH is 1. The molecule has 3 N–H and O–H groups in total. The number of phosphoric acid groups is 2. The molecule has 0 aliphatic heterocycles. The van der Waals surface area contributed by atoms with E-state index in [4.69, 9.17) is 37.0 Å². The lowest BCUT2D eigenvalue weighted by molar-refractivity contribution is -0.161. The summed E-state index contributed by atoms with van der Waals surface area (Å²) in [6.07, 6.45) is 52.8. The third-order valence-corrected chi connectivity index (χ3v) is 18.7. The molecule has 0 radical (unpaired) electrons. The molecule has 0 aliphatic rings. The number of hydrogen-bond donors (Lipinski definition) is 3. The van der Waals surface area contributed by atoms with E-state index in [9.17, 15) is 43.2 Å². The normalized spacial score (nSPS) is 14.0. The molecule has 5 atom stereocenters. The predicted octanol–water partition coefficient (Wildman–Crippen LogP) is 20.9. The second-order valence-electron chi connectivity index (χ2n) is 26.5. The largest absolute Gasteiger partial charge is 0.472 e. The van der Waals surface area contributed by atoms with Gasteiger partial charge in [-0.25, -0.2) is 9.13 Å². The van der Waals surface area contributed by atoms with Gasteiger partial charge in [0.25, 0.3) is 0 Å². The van der Waals surface area contributed by atoms with Crippen molar-refractivity contribution < 1.29 is 80.2 Å². The van der Waals surface area contributed by atoms with Crippen molar-refractivity contribution in [2.45, 2.75) is 393 Å². The molecule has 0 saturated carbocycles. The molecular weight excluding hydrogens is 1200 g/mol. The van der Waals surface area contributed by atoms with Crippen LogP contribution in [0.1, 0.15) is 375 Å². The Hall–Kier alpha value is -1.94. The lowest BCUT2D eigenvalue weighted by atomic mass is 10.0. The van der Waals surface area contributed by atoms with Crippen molar-refractivity contribution in [3.8, 4) is 0 Å². The Balaban J connectivity index is 5.17. The highest BCUT2D eigenvalue weighted by Gasteiger charge is 2.30. The number of aliphatic hydroxyl groups is 1. The quantitative estimate of drug-likeness (QED) is 0.0222. The molecule has 0 rings (SSSR count). The van der Waals surface area contributed by atoms with E-state index in [1.165, 1.54) is 199 Å². The summed E-state index contributed by atoms with van der Waals surface area (Å²) >= 11 is 0. The zero-order chi connectivity index (χ0) is 67.0. The molecule has 0 saturated heterocycles. The fourth-order valence-corrected chi connectivity index (χ4v) is 12.6. The second-order valence-corrected chi connectivity index (χ2v) is 29.4. The molecule has 0 aliphatic carbocycles. The average molecular weight is 1340 g/mol. The molecule has 0 fully saturated rings. The van der Waals surface area contributed by atoms with Crippen LogP contribution in [0.4, 0.5) is 0 Å². The predicted molar refractivity (Wildman–Crippen MR) is 368 cm³/mol. The van der Waals surface area contributed by atoms with Crippen LogP contribution in [0.3, 0.4) is 0 Å². The van der Waals surface area contributed by atoms with Crippen LogP contribution in [0.15, 0.2) is 0 Å². The van der Waals surface area contributed by atoms with Crippen LogP contribution in [0, 0.1) is 5.92 Å². The number of esters is 4. The average Bonchev–Trinajstić information content (AvgIpc) is 3.71. The Morgan fingerprint density at radius 1 is 0.297 bits per heavy atom. The van der Waals surface area contributed by atoms with Crippen LogP contribution in [0.2, 0.25) is 0 Å². The van der Waals surface area contributed by atoms with E-state index in [1.54, 1.807) is 0 Å². The van der Waals surface area contributed by atoms with E-state index in [-0.39, 0.29) is 25.7 Å². The van der Waals surface area contributed by atoms with Crippen LogP contribution in [0.5, 0.6) is 0 Å². The van der Waals surface area contributed by atoms with Gasteiger partial charge in [-0.1, -0.05) is 324 Å². The summed E-state index contributed by atoms with van der Waals surface area (Å²) in [6.45, 7) is 7.22. The van der Waals surface area contributed by atoms with Gasteiger partial charge in [-0.3, -0.25) is 37.3 Å². The summed E-state index contributed by atoms with van der Waals surface area (Å²) in [5.74, 6) is -1.38. The zero-order valence-corrected chi connectivity index (χ0v) is 60.8. The highest BCUT2D eigenvalue weighted by atomic mass is 31.2. The van der Waals surface area contributed by atoms with Crippen LogP contribution in [0.25, 0.3) is 0 Å². The van der Waals surface area contributed by atoms with Crippen molar-refractivity contribution in [3.63, 3.8) is 0 Å². The van der Waals surface area contributed by atoms with E-state index in [0.29, 0.717) is 25.7 Å². The third-order valence-electron chi connectivity index (χ3n) is 16.8. The van der Waals surface area contributed by atoms with Gasteiger partial charge in [-0.2, -0.15) is 0 Å². The van der Waals surface area contributed by atoms with E-state index in [2.05, 4.69) is 34.6 Å². The van der Waals surface area contributed by atoms with E-state index >= 15 is 0 Å². The van der Waals surface area contributed by atoms with Gasteiger partial charge in [-0.05, 0) is 31.6 Å². The molecule has 0 aromatic rings. The number of carbonyl (C=O) groups is 4. The molecular formula is C72H140O17P2. The molecule has 0 aromatic carbocycles. The summed E-state index contributed by atoms with van der Waals surface area (Å²) in [7, 11) is -9.90. The Labute approximate surface area is 556 Å². The summed E-state index contributed by atoms with van der Waals surface area (Å²) in [4.78, 5) is 72.5. The number of ether oxygens (including phenoxy) is 4. The van der Waals surface area contributed by atoms with Crippen molar-refractivity contribution in [3.05, 3.63) is 0 Å². The van der Waals surface area contributed by atoms with Gasteiger partial charge in [0.1, 0.15) is 19.3 Å². The van der Waals surface area contributed by atoms with Gasteiger partial charge in [0.05, 0.1) is 26.4 Å². The maximum absolute atomic E-state index is 13.0. The minimum Gasteiger partial charge on any atom is -0.462 e. The molecule has 0 spiro atoms. The Kier molecular flexibility index (Phi) is 64.0. The molecule has 17 nitrogen and oxygen atoms in total. The van der Waals surface area contributed by atoms with Crippen LogP contribution in [-0.4, -0.2) is 96.7 Å². The zero-order valence-electron chi connectivity index (χ0n) is 59.0. The van der Waals surface area contributed by atoms with Gasteiger partial charge in [-0.15, -0.1) is 0 Å². The van der Waals surface area contributed by atoms with Crippen molar-refractivity contribution in [1.82, 2.24) is 0 Å². The fraction of sp³-hybridized carbons (Fsp3) is 0.944. The number of carbonyl (C=O) groups excluding carboxylic acids is 4. The first kappa shape index (κ1) is 89.1. The summed E-state index contributed by atoms with van der Waals surface area (Å²) in [5.41, 5.74) is 0. The molecule has 91 heavy (non-hydrogen) atoms. The molecule has 0 aromatic heterocycles. The van der Waals surface area contributed by atoms with Gasteiger partial charge in [0.15, 0.2) is 12.2 Å². The van der Waals surface area contributed by atoms with Gasteiger partial charge >= 0.3 is 39.5 Å². The van der Waals surface area contributed by atoms with Crippen molar-refractivity contribution in [2.24, 2.45) is 5.92 Å². The van der Waals surface area contributed by atoms with Crippen molar-refractivity contribution in [2.75, 3.05) is 39.6 Å². The van der Waals surface area contributed by atoms with Crippen molar-refractivity contribution >= 4 is 39.5 Å². The highest BCUT2D eigenvalue weighted by Crippen LogP contribution is 2.45. The summed E-state index contributed by atoms with van der Waals surface area (Å²) < 4.78 is 68.3. The smallest absolute Gasteiger partial charge is 0.462 e. The summed E-state index contributed by atoms with van der Waals surface area (Å²) in [5, 5.41) is 10.6. The van der Waals surface area contributed by atoms with Crippen molar-refractivity contribution in [1.29, 1.82) is 0 Å². The van der Waals surface area contributed by atoms with E-state index in [0.717, 1.165) is 95.8 Å². The lowest BCUT2D eigenvalue weighted by Crippen LogP contribution is -2.30. The molecule has 0 bridgehead atoms. The Morgan fingerprint density at radius 3 is 0.747 bits per heavy atom. The molecule has 0 amide bonds. The molecule has 19 heteroatoms. The fourth-order valence-electron chi connectivity index (χ4n) is 11.0.